The summed E-state index contributed by atoms with van der Waals surface area (Å²) in [5, 5.41) is 2.87. The van der Waals surface area contributed by atoms with Crippen LogP contribution >= 0.6 is 0 Å². The first-order valence-corrected chi connectivity index (χ1v) is 7.05. The molecule has 1 N–H and O–H groups in total. The monoisotopic (exact) mass is 263 g/mol. The molecule has 3 heteroatoms. The van der Waals surface area contributed by atoms with Crippen molar-refractivity contribution in [3.8, 4) is 5.75 Å². The summed E-state index contributed by atoms with van der Waals surface area (Å²) in [5.74, 6) is 1.55. The topological polar surface area (TPSA) is 38.3 Å². The highest BCUT2D eigenvalue weighted by molar-refractivity contribution is 5.78. The van der Waals surface area contributed by atoms with Crippen LogP contribution in [0.4, 0.5) is 0 Å². The maximum atomic E-state index is 11.5. The first kappa shape index (κ1) is 15.5. The average molecular weight is 263 g/mol. The highest BCUT2D eigenvalue weighted by Crippen LogP contribution is 2.18. The number of hydrogen-bond donors (Lipinski definition) is 1. The van der Waals surface area contributed by atoms with Crippen molar-refractivity contribution in [1.82, 2.24) is 5.32 Å². The van der Waals surface area contributed by atoms with Gasteiger partial charge in [-0.05, 0) is 30.0 Å². The average Bonchev–Trinajstić information content (AvgIpc) is 2.42. The van der Waals surface area contributed by atoms with Crippen molar-refractivity contribution in [3.63, 3.8) is 0 Å². The van der Waals surface area contributed by atoms with Gasteiger partial charge in [0.15, 0.2) is 0 Å². The van der Waals surface area contributed by atoms with Gasteiger partial charge in [-0.2, -0.15) is 0 Å². The van der Waals surface area contributed by atoms with Crippen molar-refractivity contribution in [2.45, 2.75) is 40.0 Å². The van der Waals surface area contributed by atoms with E-state index in [4.69, 9.17) is 4.74 Å². The van der Waals surface area contributed by atoms with Crippen molar-refractivity contribution in [2.75, 3.05) is 13.2 Å². The van der Waals surface area contributed by atoms with E-state index in [-0.39, 0.29) is 11.8 Å². The number of hydrogen-bond acceptors (Lipinski definition) is 2. The third kappa shape index (κ3) is 5.33. The predicted octanol–water partition coefficient (Wildman–Crippen LogP) is 3.35. The lowest BCUT2D eigenvalue weighted by Gasteiger charge is -2.11. The molecule has 0 radical (unpaired) electrons. The predicted molar refractivity (Wildman–Crippen MR) is 78.5 cm³/mol. The molecule has 0 bridgehead atoms. The summed E-state index contributed by atoms with van der Waals surface area (Å²) in [6, 6.07) is 8.12. The molecule has 19 heavy (non-hydrogen) atoms. The minimum Gasteiger partial charge on any atom is -0.492 e. The van der Waals surface area contributed by atoms with Crippen molar-refractivity contribution in [2.24, 2.45) is 5.92 Å². The van der Waals surface area contributed by atoms with Gasteiger partial charge in [0.2, 0.25) is 5.91 Å². The van der Waals surface area contributed by atoms with Crippen molar-refractivity contribution in [1.29, 1.82) is 0 Å². The van der Waals surface area contributed by atoms with Crippen LogP contribution in [-0.4, -0.2) is 19.1 Å². The molecule has 0 spiro atoms. The Morgan fingerprint density at radius 2 is 1.84 bits per heavy atom. The van der Waals surface area contributed by atoms with E-state index in [1.54, 1.807) is 0 Å². The van der Waals surface area contributed by atoms with Gasteiger partial charge in [0.25, 0.3) is 0 Å². The SMILES string of the molecule is CC[C@H](C)C(=O)NCCOc1ccc(C(C)C)cc1. The van der Waals surface area contributed by atoms with Gasteiger partial charge in [0.05, 0.1) is 6.54 Å². The number of benzene rings is 1. The summed E-state index contributed by atoms with van der Waals surface area (Å²) in [5.41, 5.74) is 1.30. The van der Waals surface area contributed by atoms with E-state index in [0.717, 1.165) is 12.2 Å². The summed E-state index contributed by atoms with van der Waals surface area (Å²) in [6.07, 6.45) is 0.864. The normalized spacial score (nSPS) is 12.3. The van der Waals surface area contributed by atoms with E-state index in [1.165, 1.54) is 5.56 Å². The van der Waals surface area contributed by atoms with Gasteiger partial charge in [0, 0.05) is 5.92 Å². The van der Waals surface area contributed by atoms with Crippen LogP contribution in [0.1, 0.15) is 45.6 Å². The van der Waals surface area contributed by atoms with Crippen LogP contribution in [-0.2, 0) is 4.79 Å². The van der Waals surface area contributed by atoms with Gasteiger partial charge in [-0.25, -0.2) is 0 Å². The van der Waals surface area contributed by atoms with E-state index in [2.05, 4.69) is 31.3 Å². The Morgan fingerprint density at radius 1 is 1.21 bits per heavy atom. The number of nitrogens with one attached hydrogen (secondary N) is 1. The fourth-order valence-corrected chi connectivity index (χ4v) is 1.65. The first-order chi connectivity index (χ1) is 9.04. The summed E-state index contributed by atoms with van der Waals surface area (Å²) < 4.78 is 5.59. The van der Waals surface area contributed by atoms with Gasteiger partial charge in [-0.1, -0.05) is 39.8 Å². The Kier molecular flexibility index (Phi) is 6.40. The van der Waals surface area contributed by atoms with Crippen LogP contribution in [0.5, 0.6) is 5.75 Å². The fraction of sp³-hybridized carbons (Fsp3) is 0.562. The van der Waals surface area contributed by atoms with Crippen molar-refractivity contribution in [3.05, 3.63) is 29.8 Å². The largest absolute Gasteiger partial charge is 0.492 e. The molecule has 1 amide bonds. The van der Waals surface area contributed by atoms with E-state index in [1.807, 2.05) is 26.0 Å². The third-order valence-electron chi connectivity index (χ3n) is 3.28. The van der Waals surface area contributed by atoms with Crippen molar-refractivity contribution < 1.29 is 9.53 Å². The Labute approximate surface area is 116 Å². The Morgan fingerprint density at radius 3 is 2.37 bits per heavy atom. The van der Waals surface area contributed by atoms with Gasteiger partial charge >= 0.3 is 0 Å². The third-order valence-corrected chi connectivity index (χ3v) is 3.28. The Bertz CT molecular complexity index is 384. The highest BCUT2D eigenvalue weighted by Gasteiger charge is 2.08. The second-order valence-corrected chi connectivity index (χ2v) is 5.17. The van der Waals surface area contributed by atoms with E-state index in [9.17, 15) is 4.79 Å². The number of rotatable bonds is 7. The van der Waals surface area contributed by atoms with Crippen LogP contribution in [0.25, 0.3) is 0 Å². The van der Waals surface area contributed by atoms with Crippen LogP contribution < -0.4 is 10.1 Å². The lowest BCUT2D eigenvalue weighted by molar-refractivity contribution is -0.124. The van der Waals surface area contributed by atoms with Gasteiger partial charge in [-0.15, -0.1) is 0 Å². The molecule has 1 aromatic rings. The maximum absolute atomic E-state index is 11.5. The van der Waals surface area contributed by atoms with Gasteiger partial charge in [0.1, 0.15) is 12.4 Å². The molecule has 0 aliphatic heterocycles. The molecule has 0 unspecified atom stereocenters. The molecule has 0 saturated heterocycles. The van der Waals surface area contributed by atoms with Gasteiger partial charge < -0.3 is 10.1 Å². The Balaban J connectivity index is 2.28. The minimum absolute atomic E-state index is 0.0744. The molecular weight excluding hydrogens is 238 g/mol. The van der Waals surface area contributed by atoms with E-state index < -0.39 is 0 Å². The van der Waals surface area contributed by atoms with E-state index in [0.29, 0.717) is 19.1 Å². The molecule has 0 heterocycles. The van der Waals surface area contributed by atoms with Crippen LogP contribution in [0, 0.1) is 5.92 Å². The summed E-state index contributed by atoms with van der Waals surface area (Å²) in [4.78, 5) is 11.5. The van der Waals surface area contributed by atoms with E-state index >= 15 is 0 Å². The number of ether oxygens (including phenoxy) is 1. The molecule has 0 aromatic heterocycles. The number of carbonyl (C=O) groups is 1. The lowest BCUT2D eigenvalue weighted by Crippen LogP contribution is -2.32. The molecule has 1 aromatic carbocycles. The number of carbonyl (C=O) groups excluding carboxylic acids is 1. The smallest absolute Gasteiger partial charge is 0.222 e. The zero-order valence-corrected chi connectivity index (χ0v) is 12.4. The lowest BCUT2D eigenvalue weighted by atomic mass is 10.0. The molecule has 1 atom stereocenters. The second-order valence-electron chi connectivity index (χ2n) is 5.17. The zero-order chi connectivity index (χ0) is 14.3. The molecule has 0 saturated carbocycles. The summed E-state index contributed by atoms with van der Waals surface area (Å²) in [6.45, 7) is 9.33. The highest BCUT2D eigenvalue weighted by atomic mass is 16.5. The van der Waals surface area contributed by atoms with Crippen LogP contribution in [0.3, 0.4) is 0 Å². The van der Waals surface area contributed by atoms with Crippen LogP contribution in [0.2, 0.25) is 0 Å². The second kappa shape index (κ2) is 7.82. The summed E-state index contributed by atoms with van der Waals surface area (Å²) >= 11 is 0. The summed E-state index contributed by atoms with van der Waals surface area (Å²) in [7, 11) is 0. The van der Waals surface area contributed by atoms with Gasteiger partial charge in [-0.3, -0.25) is 4.79 Å². The molecule has 3 nitrogen and oxygen atoms in total. The minimum atomic E-state index is 0.0744. The quantitative estimate of drug-likeness (QED) is 0.766. The number of amides is 1. The fourth-order valence-electron chi connectivity index (χ4n) is 1.65. The molecule has 1 rings (SSSR count). The zero-order valence-electron chi connectivity index (χ0n) is 12.4. The van der Waals surface area contributed by atoms with Crippen LogP contribution in [0.15, 0.2) is 24.3 Å². The Hall–Kier alpha value is -1.51. The molecule has 0 aliphatic carbocycles. The standard InChI is InChI=1S/C16H25NO2/c1-5-13(4)16(18)17-10-11-19-15-8-6-14(7-9-15)12(2)3/h6-9,12-13H,5,10-11H2,1-4H3,(H,17,18)/t13-/m0/s1. The molecule has 106 valence electrons. The molecule has 0 fully saturated rings. The van der Waals surface area contributed by atoms with Crippen molar-refractivity contribution >= 4 is 5.91 Å². The first-order valence-electron chi connectivity index (χ1n) is 7.05. The molecule has 0 aliphatic rings. The maximum Gasteiger partial charge on any atom is 0.222 e. The molecular formula is C16H25NO2.